The number of aliphatic carboxylic acids is 1. The molecule has 4 nitrogen and oxygen atoms in total. The van der Waals surface area contributed by atoms with Gasteiger partial charge in [0.2, 0.25) is 5.91 Å². The van der Waals surface area contributed by atoms with Crippen molar-refractivity contribution in [2.75, 3.05) is 18.6 Å². The first-order valence-corrected chi connectivity index (χ1v) is 4.53. The van der Waals surface area contributed by atoms with Crippen LogP contribution >= 0.6 is 11.8 Å². The summed E-state index contributed by atoms with van der Waals surface area (Å²) in [5.74, 6) is -0.705. The number of hydrogen-bond donors (Lipinski definition) is 2. The van der Waals surface area contributed by atoms with Gasteiger partial charge in [-0.2, -0.15) is 11.8 Å². The molecule has 5 heteroatoms. The summed E-state index contributed by atoms with van der Waals surface area (Å²) in [6.45, 7) is 0.535. The van der Waals surface area contributed by atoms with Crippen LogP contribution in [-0.2, 0) is 9.59 Å². The summed E-state index contributed by atoms with van der Waals surface area (Å²) in [7, 11) is 0. The summed E-state index contributed by atoms with van der Waals surface area (Å²) in [4.78, 5) is 20.6. The van der Waals surface area contributed by atoms with Crippen LogP contribution in [0.15, 0.2) is 0 Å². The van der Waals surface area contributed by atoms with Gasteiger partial charge >= 0.3 is 5.97 Å². The van der Waals surface area contributed by atoms with Gasteiger partial charge in [0.1, 0.15) is 6.42 Å². The van der Waals surface area contributed by atoms with Gasteiger partial charge in [-0.25, -0.2) is 0 Å². The van der Waals surface area contributed by atoms with Crippen LogP contribution in [0.3, 0.4) is 0 Å². The molecular formula is C6H11NO3S. The van der Waals surface area contributed by atoms with Gasteiger partial charge in [-0.15, -0.1) is 0 Å². The van der Waals surface area contributed by atoms with Crippen molar-refractivity contribution in [2.45, 2.75) is 6.42 Å². The number of thioether (sulfide) groups is 1. The minimum Gasteiger partial charge on any atom is -0.481 e. The molecule has 64 valence electrons. The SMILES string of the molecule is CSCCNC(=O)CC(=O)O. The molecule has 0 atom stereocenters. The van der Waals surface area contributed by atoms with Gasteiger partial charge in [0.15, 0.2) is 0 Å². The number of carbonyl (C=O) groups excluding carboxylic acids is 1. The van der Waals surface area contributed by atoms with E-state index >= 15 is 0 Å². The van der Waals surface area contributed by atoms with E-state index in [0.29, 0.717) is 6.54 Å². The highest BCUT2D eigenvalue weighted by atomic mass is 32.2. The molecule has 0 saturated carbocycles. The summed E-state index contributed by atoms with van der Waals surface area (Å²) in [6.07, 6.45) is 1.48. The van der Waals surface area contributed by atoms with E-state index in [1.807, 2.05) is 6.26 Å². The zero-order valence-electron chi connectivity index (χ0n) is 6.29. The number of amides is 1. The third kappa shape index (κ3) is 7.18. The molecular weight excluding hydrogens is 166 g/mol. The Morgan fingerprint density at radius 1 is 1.55 bits per heavy atom. The highest BCUT2D eigenvalue weighted by Crippen LogP contribution is 1.87. The monoisotopic (exact) mass is 177 g/mol. The number of hydrogen-bond acceptors (Lipinski definition) is 3. The Morgan fingerprint density at radius 3 is 2.64 bits per heavy atom. The standard InChI is InChI=1S/C6H11NO3S/c1-11-3-2-7-5(8)4-6(9)10/h2-4H2,1H3,(H,7,8)(H,9,10). The zero-order valence-corrected chi connectivity index (χ0v) is 7.11. The molecule has 0 aromatic rings. The summed E-state index contributed by atoms with van der Waals surface area (Å²) < 4.78 is 0. The van der Waals surface area contributed by atoms with Crippen molar-refractivity contribution in [3.63, 3.8) is 0 Å². The average Bonchev–Trinajstić information content (AvgIpc) is 1.86. The van der Waals surface area contributed by atoms with Crippen LogP contribution in [-0.4, -0.2) is 35.5 Å². The molecule has 0 bridgehead atoms. The van der Waals surface area contributed by atoms with Crippen LogP contribution < -0.4 is 5.32 Å². The van der Waals surface area contributed by atoms with Crippen LogP contribution in [0, 0.1) is 0 Å². The van der Waals surface area contributed by atoms with Crippen molar-refractivity contribution in [3.8, 4) is 0 Å². The average molecular weight is 177 g/mol. The third-order valence-corrected chi connectivity index (χ3v) is 1.55. The van der Waals surface area contributed by atoms with E-state index < -0.39 is 18.3 Å². The molecule has 0 aliphatic carbocycles. The van der Waals surface area contributed by atoms with E-state index in [-0.39, 0.29) is 0 Å². The molecule has 0 aliphatic heterocycles. The molecule has 1 amide bonds. The Labute approximate surface area is 69.4 Å². The van der Waals surface area contributed by atoms with Crippen molar-refractivity contribution in [2.24, 2.45) is 0 Å². The lowest BCUT2D eigenvalue weighted by atomic mass is 10.4. The fourth-order valence-corrected chi connectivity index (χ4v) is 0.799. The summed E-state index contributed by atoms with van der Waals surface area (Å²) in [6, 6.07) is 0. The second kappa shape index (κ2) is 6.03. The second-order valence-electron chi connectivity index (χ2n) is 1.91. The van der Waals surface area contributed by atoms with Crippen molar-refractivity contribution >= 4 is 23.6 Å². The Morgan fingerprint density at radius 2 is 2.18 bits per heavy atom. The minimum absolute atomic E-state index is 0.424. The van der Waals surface area contributed by atoms with E-state index in [0.717, 1.165) is 5.75 Å². The van der Waals surface area contributed by atoms with Crippen LogP contribution in [0.1, 0.15) is 6.42 Å². The van der Waals surface area contributed by atoms with Crippen molar-refractivity contribution < 1.29 is 14.7 Å². The van der Waals surface area contributed by atoms with Gasteiger partial charge in [0.05, 0.1) is 0 Å². The lowest BCUT2D eigenvalue weighted by molar-refractivity contribution is -0.140. The van der Waals surface area contributed by atoms with Gasteiger partial charge in [0, 0.05) is 12.3 Å². The highest BCUT2D eigenvalue weighted by molar-refractivity contribution is 7.98. The lowest BCUT2D eigenvalue weighted by Gasteiger charge is -1.99. The number of carboxylic acids is 1. The fourth-order valence-electron chi connectivity index (χ4n) is 0.492. The third-order valence-electron chi connectivity index (χ3n) is 0.940. The summed E-state index contributed by atoms with van der Waals surface area (Å²) in [5, 5.41) is 10.6. The largest absolute Gasteiger partial charge is 0.481 e. The van der Waals surface area contributed by atoms with E-state index in [1.54, 1.807) is 11.8 Å². The zero-order chi connectivity index (χ0) is 8.69. The fraction of sp³-hybridized carbons (Fsp3) is 0.667. The van der Waals surface area contributed by atoms with Crippen LogP contribution in [0.5, 0.6) is 0 Å². The molecule has 2 N–H and O–H groups in total. The van der Waals surface area contributed by atoms with E-state index in [9.17, 15) is 9.59 Å². The maximum absolute atomic E-state index is 10.6. The molecule has 0 heterocycles. The van der Waals surface area contributed by atoms with Gasteiger partial charge in [0.25, 0.3) is 0 Å². The first kappa shape index (κ1) is 10.3. The van der Waals surface area contributed by atoms with E-state index in [4.69, 9.17) is 5.11 Å². The Balaban J connectivity index is 3.30. The molecule has 0 unspecified atom stereocenters. The first-order valence-electron chi connectivity index (χ1n) is 3.14. The Hall–Kier alpha value is -0.710. The van der Waals surface area contributed by atoms with Crippen molar-refractivity contribution in [1.29, 1.82) is 0 Å². The van der Waals surface area contributed by atoms with Crippen LogP contribution in [0.4, 0.5) is 0 Å². The first-order chi connectivity index (χ1) is 5.16. The van der Waals surface area contributed by atoms with Crippen LogP contribution in [0.2, 0.25) is 0 Å². The molecule has 0 radical (unpaired) electrons. The van der Waals surface area contributed by atoms with E-state index in [2.05, 4.69) is 5.32 Å². The number of carboxylic acid groups (broad SMARTS) is 1. The number of rotatable bonds is 5. The normalized spacial score (nSPS) is 9.18. The van der Waals surface area contributed by atoms with Gasteiger partial charge in [-0.3, -0.25) is 9.59 Å². The molecule has 0 fully saturated rings. The Kier molecular flexibility index (Phi) is 5.64. The lowest BCUT2D eigenvalue weighted by Crippen LogP contribution is -2.27. The molecule has 0 aromatic heterocycles. The van der Waals surface area contributed by atoms with Gasteiger partial charge < -0.3 is 10.4 Å². The molecule has 11 heavy (non-hydrogen) atoms. The second-order valence-corrected chi connectivity index (χ2v) is 2.90. The summed E-state index contributed by atoms with van der Waals surface area (Å²) >= 11 is 1.60. The molecule has 0 aliphatic rings. The van der Waals surface area contributed by atoms with Gasteiger partial charge in [-0.05, 0) is 6.26 Å². The van der Waals surface area contributed by atoms with Gasteiger partial charge in [-0.1, -0.05) is 0 Å². The summed E-state index contributed by atoms with van der Waals surface area (Å²) in [5.41, 5.74) is 0. The topological polar surface area (TPSA) is 66.4 Å². The smallest absolute Gasteiger partial charge is 0.312 e. The highest BCUT2D eigenvalue weighted by Gasteiger charge is 2.04. The molecule has 0 spiro atoms. The molecule has 0 aromatic carbocycles. The number of nitrogens with one attached hydrogen (secondary N) is 1. The molecule has 0 rings (SSSR count). The van der Waals surface area contributed by atoms with Crippen molar-refractivity contribution in [3.05, 3.63) is 0 Å². The minimum atomic E-state index is -1.09. The number of carbonyl (C=O) groups is 2. The Bertz CT molecular complexity index is 149. The predicted octanol–water partition coefficient (Wildman–Crippen LogP) is -0.0597. The van der Waals surface area contributed by atoms with Crippen LogP contribution in [0.25, 0.3) is 0 Å². The predicted molar refractivity (Wildman–Crippen MR) is 43.6 cm³/mol. The van der Waals surface area contributed by atoms with Crippen molar-refractivity contribution in [1.82, 2.24) is 5.32 Å². The maximum atomic E-state index is 10.6. The quantitative estimate of drug-likeness (QED) is 0.456. The maximum Gasteiger partial charge on any atom is 0.312 e. The molecule has 0 saturated heterocycles. The van der Waals surface area contributed by atoms with E-state index in [1.165, 1.54) is 0 Å².